The topological polar surface area (TPSA) is 43.4 Å². The van der Waals surface area contributed by atoms with Gasteiger partial charge in [-0.3, -0.25) is 4.79 Å². The minimum absolute atomic E-state index is 0.159. The van der Waals surface area contributed by atoms with Gasteiger partial charge in [-0.25, -0.2) is 4.79 Å². The third kappa shape index (κ3) is 2.40. The van der Waals surface area contributed by atoms with E-state index in [0.29, 0.717) is 5.75 Å². The summed E-state index contributed by atoms with van der Waals surface area (Å²) in [7, 11) is 0. The molecule has 0 aromatic heterocycles. The fourth-order valence-corrected chi connectivity index (χ4v) is 1.03. The van der Waals surface area contributed by atoms with Crippen LogP contribution in [0.2, 0.25) is 0 Å². The molecule has 0 N–H and O–H groups in total. The highest BCUT2D eigenvalue weighted by Gasteiger charge is 2.05. The fourth-order valence-electron chi connectivity index (χ4n) is 1.03. The van der Waals surface area contributed by atoms with E-state index in [4.69, 9.17) is 4.74 Å². The van der Waals surface area contributed by atoms with E-state index in [1.54, 1.807) is 12.1 Å². The monoisotopic (exact) mass is 178 g/mol. The van der Waals surface area contributed by atoms with Crippen molar-refractivity contribution in [3.8, 4) is 5.75 Å². The van der Waals surface area contributed by atoms with Gasteiger partial charge in [0.25, 0.3) is 0 Å². The molecule has 13 heavy (non-hydrogen) atoms. The Morgan fingerprint density at radius 1 is 1.46 bits per heavy atom. The van der Waals surface area contributed by atoms with Gasteiger partial charge in [-0.1, -0.05) is 25.1 Å². The van der Waals surface area contributed by atoms with Crippen LogP contribution in [-0.4, -0.2) is 12.3 Å². The Morgan fingerprint density at radius 2 is 2.15 bits per heavy atom. The van der Waals surface area contributed by atoms with Crippen molar-refractivity contribution in [2.75, 3.05) is 0 Å². The zero-order valence-electron chi connectivity index (χ0n) is 7.32. The molecule has 0 aliphatic rings. The zero-order valence-corrected chi connectivity index (χ0v) is 7.32. The Hall–Kier alpha value is -1.64. The summed E-state index contributed by atoms with van der Waals surface area (Å²) in [6, 6.07) is 7.14. The number of hydrogen-bond donors (Lipinski definition) is 0. The van der Waals surface area contributed by atoms with Gasteiger partial charge in [0.15, 0.2) is 0 Å². The van der Waals surface area contributed by atoms with E-state index in [9.17, 15) is 9.59 Å². The van der Waals surface area contributed by atoms with E-state index >= 15 is 0 Å². The molecule has 1 rings (SSSR count). The van der Waals surface area contributed by atoms with Crippen molar-refractivity contribution in [1.82, 2.24) is 0 Å². The molecule has 0 amide bonds. The van der Waals surface area contributed by atoms with Crippen molar-refractivity contribution in [2.24, 2.45) is 0 Å². The summed E-state index contributed by atoms with van der Waals surface area (Å²) in [5, 5.41) is 0. The van der Waals surface area contributed by atoms with Crippen LogP contribution >= 0.6 is 0 Å². The van der Waals surface area contributed by atoms with Gasteiger partial charge >= 0.3 is 5.97 Å². The average Bonchev–Trinajstić information content (AvgIpc) is 2.18. The summed E-state index contributed by atoms with van der Waals surface area (Å²) in [5.74, 6) is -0.400. The first kappa shape index (κ1) is 9.45. The molecule has 0 unspecified atom stereocenters. The lowest BCUT2D eigenvalue weighted by Crippen LogP contribution is -2.09. The zero-order chi connectivity index (χ0) is 9.68. The van der Waals surface area contributed by atoms with Crippen molar-refractivity contribution in [3.63, 3.8) is 0 Å². The number of ether oxygens (including phenoxy) is 1. The first-order valence-corrected chi connectivity index (χ1v) is 4.02. The molecule has 0 heterocycles. The largest absolute Gasteiger partial charge is 0.421 e. The standard InChI is InChI=1S/C10H10O3/c1-2-8-5-3-4-6-9(8)13-10(12)7-11/h3-7H,2H2,1H3. The molecule has 1 aromatic rings. The van der Waals surface area contributed by atoms with E-state index in [2.05, 4.69) is 0 Å². The first-order valence-electron chi connectivity index (χ1n) is 4.02. The maximum atomic E-state index is 10.7. The Kier molecular flexibility index (Phi) is 3.20. The van der Waals surface area contributed by atoms with Crippen molar-refractivity contribution in [3.05, 3.63) is 29.8 Å². The molecule has 0 saturated carbocycles. The van der Waals surface area contributed by atoms with Gasteiger partial charge in [-0.2, -0.15) is 0 Å². The predicted octanol–water partition coefficient (Wildman–Crippen LogP) is 1.35. The Bertz CT molecular complexity index is 318. The summed E-state index contributed by atoms with van der Waals surface area (Å²) >= 11 is 0. The minimum atomic E-state index is -0.860. The molecular formula is C10H10O3. The van der Waals surface area contributed by atoms with Crippen molar-refractivity contribution < 1.29 is 14.3 Å². The molecule has 0 bridgehead atoms. The number of carbonyl (C=O) groups excluding carboxylic acids is 2. The Morgan fingerprint density at radius 3 is 2.77 bits per heavy atom. The van der Waals surface area contributed by atoms with Gasteiger partial charge in [0, 0.05) is 0 Å². The van der Waals surface area contributed by atoms with E-state index < -0.39 is 5.97 Å². The first-order chi connectivity index (χ1) is 6.27. The molecule has 1 aromatic carbocycles. The van der Waals surface area contributed by atoms with Crippen molar-refractivity contribution >= 4 is 12.3 Å². The summed E-state index contributed by atoms with van der Waals surface area (Å²) in [4.78, 5) is 20.7. The normalized spacial score (nSPS) is 9.31. The number of benzene rings is 1. The molecule has 0 fully saturated rings. The maximum Gasteiger partial charge on any atom is 0.376 e. The van der Waals surface area contributed by atoms with Gasteiger partial charge in [0.1, 0.15) is 5.75 Å². The van der Waals surface area contributed by atoms with Gasteiger partial charge in [0.05, 0.1) is 0 Å². The number of aryl methyl sites for hydroxylation is 1. The summed E-state index contributed by atoms with van der Waals surface area (Å²) in [5.41, 5.74) is 0.915. The van der Waals surface area contributed by atoms with E-state index in [0.717, 1.165) is 12.0 Å². The SMILES string of the molecule is CCc1ccccc1OC(=O)C=O. The highest BCUT2D eigenvalue weighted by molar-refractivity contribution is 6.21. The molecule has 3 heteroatoms. The number of carbonyl (C=O) groups is 2. The van der Waals surface area contributed by atoms with Gasteiger partial charge in [-0.05, 0) is 18.1 Å². The lowest BCUT2D eigenvalue weighted by atomic mass is 10.1. The second kappa shape index (κ2) is 4.40. The third-order valence-electron chi connectivity index (χ3n) is 1.66. The molecule has 3 nitrogen and oxygen atoms in total. The van der Waals surface area contributed by atoms with Crippen LogP contribution in [0.4, 0.5) is 0 Å². The lowest BCUT2D eigenvalue weighted by molar-refractivity contribution is -0.141. The highest BCUT2D eigenvalue weighted by atomic mass is 16.5. The number of esters is 1. The molecule has 0 aliphatic heterocycles. The summed E-state index contributed by atoms with van der Waals surface area (Å²) in [6.45, 7) is 1.95. The average molecular weight is 178 g/mol. The third-order valence-corrected chi connectivity index (χ3v) is 1.66. The van der Waals surface area contributed by atoms with Gasteiger partial charge < -0.3 is 4.74 Å². The van der Waals surface area contributed by atoms with Crippen LogP contribution in [0.5, 0.6) is 5.75 Å². The van der Waals surface area contributed by atoms with Crippen LogP contribution in [0, 0.1) is 0 Å². The molecule has 0 spiro atoms. The second-order valence-electron chi connectivity index (χ2n) is 2.50. The molecule has 0 atom stereocenters. The number of rotatable bonds is 3. The van der Waals surface area contributed by atoms with Gasteiger partial charge in [0.2, 0.25) is 6.29 Å². The highest BCUT2D eigenvalue weighted by Crippen LogP contribution is 2.17. The molecule has 0 saturated heterocycles. The lowest BCUT2D eigenvalue weighted by Gasteiger charge is -2.04. The molecule has 68 valence electrons. The Labute approximate surface area is 76.3 Å². The second-order valence-corrected chi connectivity index (χ2v) is 2.50. The van der Waals surface area contributed by atoms with E-state index in [-0.39, 0.29) is 6.29 Å². The maximum absolute atomic E-state index is 10.7. The number of hydrogen-bond acceptors (Lipinski definition) is 3. The van der Waals surface area contributed by atoms with Crippen LogP contribution in [0.15, 0.2) is 24.3 Å². The van der Waals surface area contributed by atoms with Crippen LogP contribution in [0.1, 0.15) is 12.5 Å². The predicted molar refractivity (Wildman–Crippen MR) is 47.5 cm³/mol. The van der Waals surface area contributed by atoms with Crippen LogP contribution < -0.4 is 4.74 Å². The quantitative estimate of drug-likeness (QED) is 0.304. The van der Waals surface area contributed by atoms with Crippen LogP contribution in [-0.2, 0) is 16.0 Å². The fraction of sp³-hybridized carbons (Fsp3) is 0.200. The molecule has 0 aliphatic carbocycles. The number of aldehydes is 1. The van der Waals surface area contributed by atoms with Crippen molar-refractivity contribution in [2.45, 2.75) is 13.3 Å². The van der Waals surface area contributed by atoms with Gasteiger partial charge in [-0.15, -0.1) is 0 Å². The summed E-state index contributed by atoms with van der Waals surface area (Å²) < 4.78 is 4.78. The van der Waals surface area contributed by atoms with Crippen LogP contribution in [0.25, 0.3) is 0 Å². The summed E-state index contributed by atoms with van der Waals surface area (Å²) in [6.07, 6.45) is 0.925. The number of para-hydroxylation sites is 1. The smallest absolute Gasteiger partial charge is 0.376 e. The minimum Gasteiger partial charge on any atom is -0.421 e. The van der Waals surface area contributed by atoms with E-state index in [1.165, 1.54) is 0 Å². The molecule has 0 radical (unpaired) electrons. The van der Waals surface area contributed by atoms with E-state index in [1.807, 2.05) is 19.1 Å². The van der Waals surface area contributed by atoms with Crippen LogP contribution in [0.3, 0.4) is 0 Å². The Balaban J connectivity index is 2.86. The molecular weight excluding hydrogens is 168 g/mol. The van der Waals surface area contributed by atoms with Crippen molar-refractivity contribution in [1.29, 1.82) is 0 Å².